The van der Waals surface area contributed by atoms with E-state index in [4.69, 9.17) is 5.73 Å². The molecule has 0 bridgehead atoms. The van der Waals surface area contributed by atoms with Gasteiger partial charge < -0.3 is 10.8 Å². The number of aliphatic carboxylic acids is 1. The van der Waals surface area contributed by atoms with Crippen molar-refractivity contribution in [2.45, 2.75) is 25.3 Å². The Morgan fingerprint density at radius 1 is 1.10 bits per heavy atom. The third kappa shape index (κ3) is 3.45. The fourth-order valence-electron chi connectivity index (χ4n) is 2.32. The van der Waals surface area contributed by atoms with Gasteiger partial charge in [-0.15, -0.1) is 0 Å². The number of nitrogens with two attached hydrogens (primary N) is 1. The molecule has 0 saturated heterocycles. The standard InChI is InChI=1S/C17H19NO2/c1-12(18)10-16(17(19)20)15-9-5-8-14(11-15)13-6-3-2-4-7-13/h2-9,11-12,16H,10,18H2,1H3,(H,19,20). The highest BCUT2D eigenvalue weighted by atomic mass is 16.4. The minimum atomic E-state index is -0.826. The molecule has 2 rings (SSSR count). The molecular weight excluding hydrogens is 250 g/mol. The molecule has 0 aromatic heterocycles. The van der Waals surface area contributed by atoms with Crippen molar-refractivity contribution in [1.82, 2.24) is 0 Å². The van der Waals surface area contributed by atoms with Gasteiger partial charge in [0.25, 0.3) is 0 Å². The van der Waals surface area contributed by atoms with Crippen molar-refractivity contribution in [3.63, 3.8) is 0 Å². The molecule has 2 unspecified atom stereocenters. The van der Waals surface area contributed by atoms with Crippen LogP contribution in [0.25, 0.3) is 11.1 Å². The number of hydrogen-bond acceptors (Lipinski definition) is 2. The van der Waals surface area contributed by atoms with Crippen LogP contribution in [-0.2, 0) is 4.79 Å². The van der Waals surface area contributed by atoms with Crippen LogP contribution in [0.3, 0.4) is 0 Å². The summed E-state index contributed by atoms with van der Waals surface area (Å²) in [7, 11) is 0. The van der Waals surface area contributed by atoms with E-state index in [9.17, 15) is 9.90 Å². The highest BCUT2D eigenvalue weighted by molar-refractivity contribution is 5.77. The first-order chi connectivity index (χ1) is 9.58. The number of carboxylic acids is 1. The predicted molar refractivity (Wildman–Crippen MR) is 80.5 cm³/mol. The van der Waals surface area contributed by atoms with Crippen molar-refractivity contribution >= 4 is 5.97 Å². The van der Waals surface area contributed by atoms with Crippen molar-refractivity contribution in [1.29, 1.82) is 0 Å². The summed E-state index contributed by atoms with van der Waals surface area (Å²) < 4.78 is 0. The molecule has 0 spiro atoms. The Kier molecular flexibility index (Phi) is 4.53. The highest BCUT2D eigenvalue weighted by Crippen LogP contribution is 2.26. The SMILES string of the molecule is CC(N)CC(C(=O)O)c1cccc(-c2ccccc2)c1. The first kappa shape index (κ1) is 14.3. The summed E-state index contributed by atoms with van der Waals surface area (Å²) in [4.78, 5) is 11.4. The van der Waals surface area contributed by atoms with Gasteiger partial charge in [0, 0.05) is 6.04 Å². The van der Waals surface area contributed by atoms with E-state index in [0.717, 1.165) is 16.7 Å². The zero-order valence-electron chi connectivity index (χ0n) is 11.5. The summed E-state index contributed by atoms with van der Waals surface area (Å²) in [6.45, 7) is 1.83. The highest BCUT2D eigenvalue weighted by Gasteiger charge is 2.21. The van der Waals surface area contributed by atoms with Gasteiger partial charge in [-0.05, 0) is 30.0 Å². The van der Waals surface area contributed by atoms with Crippen molar-refractivity contribution in [2.24, 2.45) is 5.73 Å². The lowest BCUT2D eigenvalue weighted by molar-refractivity contribution is -0.139. The molecule has 0 heterocycles. The maximum atomic E-state index is 11.4. The second kappa shape index (κ2) is 6.35. The normalized spacial score (nSPS) is 13.7. The van der Waals surface area contributed by atoms with Gasteiger partial charge in [0.05, 0.1) is 5.92 Å². The van der Waals surface area contributed by atoms with Gasteiger partial charge in [0.1, 0.15) is 0 Å². The van der Waals surface area contributed by atoms with E-state index in [-0.39, 0.29) is 6.04 Å². The quantitative estimate of drug-likeness (QED) is 0.875. The number of rotatable bonds is 5. The van der Waals surface area contributed by atoms with Gasteiger partial charge in [-0.1, -0.05) is 54.6 Å². The summed E-state index contributed by atoms with van der Waals surface area (Å²) >= 11 is 0. The Bertz CT molecular complexity index is 579. The summed E-state index contributed by atoms with van der Waals surface area (Å²) in [5.74, 6) is -1.38. The van der Waals surface area contributed by atoms with Gasteiger partial charge in [-0.2, -0.15) is 0 Å². The molecule has 2 atom stereocenters. The maximum absolute atomic E-state index is 11.4. The van der Waals surface area contributed by atoms with Gasteiger partial charge in [-0.25, -0.2) is 0 Å². The minimum absolute atomic E-state index is 0.142. The third-order valence-corrected chi connectivity index (χ3v) is 3.30. The first-order valence-corrected chi connectivity index (χ1v) is 6.71. The van der Waals surface area contributed by atoms with Crippen LogP contribution in [0, 0.1) is 0 Å². The molecule has 2 aromatic carbocycles. The van der Waals surface area contributed by atoms with E-state index in [0.29, 0.717) is 6.42 Å². The lowest BCUT2D eigenvalue weighted by Crippen LogP contribution is -2.23. The molecule has 0 amide bonds. The Labute approximate surface area is 119 Å². The van der Waals surface area contributed by atoms with E-state index < -0.39 is 11.9 Å². The van der Waals surface area contributed by atoms with Crippen LogP contribution >= 0.6 is 0 Å². The summed E-state index contributed by atoms with van der Waals surface area (Å²) in [5, 5.41) is 9.38. The summed E-state index contributed by atoms with van der Waals surface area (Å²) in [6, 6.07) is 17.5. The molecule has 0 fully saturated rings. The molecule has 3 N–H and O–H groups in total. The zero-order chi connectivity index (χ0) is 14.5. The first-order valence-electron chi connectivity index (χ1n) is 6.71. The number of benzene rings is 2. The van der Waals surface area contributed by atoms with E-state index in [1.807, 2.05) is 61.5 Å². The second-order valence-corrected chi connectivity index (χ2v) is 5.10. The zero-order valence-corrected chi connectivity index (χ0v) is 11.5. The van der Waals surface area contributed by atoms with Gasteiger partial charge >= 0.3 is 5.97 Å². The van der Waals surface area contributed by atoms with Crippen molar-refractivity contribution in [3.8, 4) is 11.1 Å². The van der Waals surface area contributed by atoms with E-state index in [1.54, 1.807) is 0 Å². The van der Waals surface area contributed by atoms with E-state index in [2.05, 4.69) is 0 Å². The fourth-order valence-corrected chi connectivity index (χ4v) is 2.32. The smallest absolute Gasteiger partial charge is 0.311 e. The molecule has 0 saturated carbocycles. The van der Waals surface area contributed by atoms with Gasteiger partial charge in [-0.3, -0.25) is 4.79 Å². The van der Waals surface area contributed by atoms with E-state index in [1.165, 1.54) is 0 Å². The molecule has 3 nitrogen and oxygen atoms in total. The number of carbonyl (C=O) groups is 1. The van der Waals surface area contributed by atoms with E-state index >= 15 is 0 Å². The van der Waals surface area contributed by atoms with Crippen LogP contribution < -0.4 is 5.73 Å². The molecule has 104 valence electrons. The molecule has 0 aliphatic heterocycles. The topological polar surface area (TPSA) is 63.3 Å². The molecule has 20 heavy (non-hydrogen) atoms. The Balaban J connectivity index is 2.35. The Hall–Kier alpha value is -2.13. The Morgan fingerprint density at radius 3 is 2.35 bits per heavy atom. The largest absolute Gasteiger partial charge is 0.481 e. The summed E-state index contributed by atoms with van der Waals surface area (Å²) in [6.07, 6.45) is 0.438. The summed E-state index contributed by atoms with van der Waals surface area (Å²) in [5.41, 5.74) is 8.67. The molecule has 0 radical (unpaired) electrons. The fraction of sp³-hybridized carbons (Fsp3) is 0.235. The third-order valence-electron chi connectivity index (χ3n) is 3.30. The van der Waals surface area contributed by atoms with Gasteiger partial charge in [0.15, 0.2) is 0 Å². The van der Waals surface area contributed by atoms with Crippen molar-refractivity contribution in [2.75, 3.05) is 0 Å². The monoisotopic (exact) mass is 269 g/mol. The predicted octanol–water partition coefficient (Wildman–Crippen LogP) is 3.26. The van der Waals surface area contributed by atoms with Crippen molar-refractivity contribution < 1.29 is 9.90 Å². The van der Waals surface area contributed by atoms with Crippen LogP contribution in [0.15, 0.2) is 54.6 Å². The average Bonchev–Trinajstić information content (AvgIpc) is 2.45. The molecule has 2 aromatic rings. The molecule has 0 aliphatic carbocycles. The second-order valence-electron chi connectivity index (χ2n) is 5.10. The van der Waals surface area contributed by atoms with Crippen LogP contribution in [0.4, 0.5) is 0 Å². The number of carboxylic acid groups (broad SMARTS) is 1. The molecular formula is C17H19NO2. The molecule has 3 heteroatoms. The lowest BCUT2D eigenvalue weighted by Gasteiger charge is -2.16. The lowest BCUT2D eigenvalue weighted by atomic mass is 9.90. The van der Waals surface area contributed by atoms with Crippen LogP contribution in [-0.4, -0.2) is 17.1 Å². The average molecular weight is 269 g/mol. The van der Waals surface area contributed by atoms with Crippen molar-refractivity contribution in [3.05, 3.63) is 60.2 Å². The number of hydrogen-bond donors (Lipinski definition) is 2. The maximum Gasteiger partial charge on any atom is 0.311 e. The Morgan fingerprint density at radius 2 is 1.75 bits per heavy atom. The minimum Gasteiger partial charge on any atom is -0.481 e. The van der Waals surface area contributed by atoms with Crippen LogP contribution in [0.2, 0.25) is 0 Å². The van der Waals surface area contributed by atoms with Crippen LogP contribution in [0.5, 0.6) is 0 Å². The van der Waals surface area contributed by atoms with Crippen LogP contribution in [0.1, 0.15) is 24.8 Å². The molecule has 0 aliphatic rings. The van der Waals surface area contributed by atoms with Gasteiger partial charge in [0.2, 0.25) is 0 Å².